The quantitative estimate of drug-likeness (QED) is 0.795. The van der Waals surface area contributed by atoms with Crippen molar-refractivity contribution < 1.29 is 13.6 Å². The Balaban J connectivity index is 1.91. The largest absolute Gasteiger partial charge is 0.335 e. The smallest absolute Gasteiger partial charge is 0.257 e. The van der Waals surface area contributed by atoms with Gasteiger partial charge in [-0.25, -0.2) is 9.37 Å². The maximum Gasteiger partial charge on any atom is 0.257 e. The monoisotopic (exact) mass is 288 g/mol. The van der Waals surface area contributed by atoms with Crippen LogP contribution in [0.15, 0.2) is 36.5 Å². The minimum absolute atomic E-state index is 0.107. The van der Waals surface area contributed by atoms with E-state index in [1.54, 1.807) is 7.05 Å². The van der Waals surface area contributed by atoms with Gasteiger partial charge in [0.1, 0.15) is 0 Å². The van der Waals surface area contributed by atoms with Crippen molar-refractivity contribution in [3.05, 3.63) is 65.0 Å². The molecular formula is C16H14F2N2O. The van der Waals surface area contributed by atoms with E-state index in [2.05, 4.69) is 4.98 Å². The first-order valence-corrected chi connectivity index (χ1v) is 6.74. The van der Waals surface area contributed by atoms with Crippen LogP contribution in [0.25, 0.3) is 0 Å². The molecule has 0 aliphatic heterocycles. The average molecular weight is 288 g/mol. The summed E-state index contributed by atoms with van der Waals surface area (Å²) in [5.41, 5.74) is 1.99. The van der Waals surface area contributed by atoms with Gasteiger partial charge in [0.2, 0.25) is 5.95 Å². The first-order valence-electron chi connectivity index (χ1n) is 6.74. The zero-order valence-corrected chi connectivity index (χ0v) is 11.5. The lowest BCUT2D eigenvalue weighted by atomic mass is 10.1. The second-order valence-corrected chi connectivity index (χ2v) is 5.13. The normalized spacial score (nSPS) is 16.6. The summed E-state index contributed by atoms with van der Waals surface area (Å²) in [6.45, 7) is 0. The van der Waals surface area contributed by atoms with Crippen LogP contribution in [0.3, 0.4) is 0 Å². The lowest BCUT2D eigenvalue weighted by Crippen LogP contribution is -2.31. The fraction of sp³-hybridized carbons (Fsp3) is 0.250. The van der Waals surface area contributed by atoms with Crippen molar-refractivity contribution in [1.82, 2.24) is 9.88 Å². The maximum absolute atomic E-state index is 13.7. The Morgan fingerprint density at radius 1 is 1.29 bits per heavy atom. The van der Waals surface area contributed by atoms with Crippen LogP contribution >= 0.6 is 0 Å². The summed E-state index contributed by atoms with van der Waals surface area (Å²) in [5, 5.41) is 0. The number of nitrogens with zero attached hydrogens (tertiary/aromatic N) is 2. The van der Waals surface area contributed by atoms with Gasteiger partial charge in [0.15, 0.2) is 5.82 Å². The zero-order valence-electron chi connectivity index (χ0n) is 11.5. The molecule has 0 N–H and O–H groups in total. The molecule has 0 fully saturated rings. The van der Waals surface area contributed by atoms with Gasteiger partial charge < -0.3 is 4.90 Å². The highest BCUT2D eigenvalue weighted by Gasteiger charge is 2.30. The Bertz CT molecular complexity index is 702. The molecule has 0 saturated carbocycles. The molecule has 0 saturated heterocycles. The number of hydrogen-bond donors (Lipinski definition) is 0. The highest BCUT2D eigenvalue weighted by atomic mass is 19.2. The van der Waals surface area contributed by atoms with Crippen molar-refractivity contribution in [2.75, 3.05) is 7.05 Å². The van der Waals surface area contributed by atoms with E-state index in [0.29, 0.717) is 0 Å². The second-order valence-electron chi connectivity index (χ2n) is 5.13. The summed E-state index contributed by atoms with van der Waals surface area (Å²) in [5.74, 6) is -2.97. The van der Waals surface area contributed by atoms with Gasteiger partial charge in [0.25, 0.3) is 5.91 Å². The van der Waals surface area contributed by atoms with Crippen LogP contribution in [0.1, 0.15) is 33.9 Å². The number of halogens is 2. The van der Waals surface area contributed by atoms with E-state index in [1.165, 1.54) is 16.5 Å². The molecule has 1 aromatic carbocycles. The molecule has 1 atom stereocenters. The van der Waals surface area contributed by atoms with Gasteiger partial charge >= 0.3 is 0 Å². The molecule has 1 unspecified atom stereocenters. The lowest BCUT2D eigenvalue weighted by molar-refractivity contribution is 0.0724. The predicted molar refractivity (Wildman–Crippen MR) is 73.8 cm³/mol. The molecule has 5 heteroatoms. The maximum atomic E-state index is 13.7. The van der Waals surface area contributed by atoms with Crippen molar-refractivity contribution in [1.29, 1.82) is 0 Å². The summed E-state index contributed by atoms with van der Waals surface area (Å²) in [6.07, 6.45) is 2.77. The van der Waals surface area contributed by atoms with Gasteiger partial charge in [-0.2, -0.15) is 4.39 Å². The molecule has 3 nitrogen and oxygen atoms in total. The topological polar surface area (TPSA) is 33.2 Å². The molecule has 108 valence electrons. The molecule has 1 heterocycles. The summed E-state index contributed by atoms with van der Waals surface area (Å²) in [4.78, 5) is 17.1. The molecule has 21 heavy (non-hydrogen) atoms. The third-order valence-electron chi connectivity index (χ3n) is 3.97. The van der Waals surface area contributed by atoms with Crippen LogP contribution in [0, 0.1) is 11.8 Å². The Morgan fingerprint density at radius 3 is 2.86 bits per heavy atom. The number of fused-ring (bicyclic) bond motifs is 1. The van der Waals surface area contributed by atoms with Gasteiger partial charge in [-0.1, -0.05) is 24.3 Å². The van der Waals surface area contributed by atoms with Crippen molar-refractivity contribution in [2.45, 2.75) is 18.9 Å². The minimum atomic E-state index is -1.25. The molecule has 1 amide bonds. The number of aryl methyl sites for hydroxylation is 1. The average Bonchev–Trinajstić information content (AvgIpc) is 2.92. The lowest BCUT2D eigenvalue weighted by Gasteiger charge is -2.25. The summed E-state index contributed by atoms with van der Waals surface area (Å²) in [6, 6.07) is 8.98. The van der Waals surface area contributed by atoms with E-state index in [4.69, 9.17) is 0 Å². The Kier molecular flexibility index (Phi) is 3.41. The minimum Gasteiger partial charge on any atom is -0.335 e. The molecule has 1 aromatic heterocycles. The first kappa shape index (κ1) is 13.7. The number of pyridine rings is 1. The van der Waals surface area contributed by atoms with Crippen LogP contribution in [-0.2, 0) is 6.42 Å². The molecule has 1 aliphatic carbocycles. The fourth-order valence-corrected chi connectivity index (χ4v) is 2.85. The van der Waals surface area contributed by atoms with E-state index in [9.17, 15) is 13.6 Å². The fourth-order valence-electron chi connectivity index (χ4n) is 2.85. The third-order valence-corrected chi connectivity index (χ3v) is 3.97. The second kappa shape index (κ2) is 5.24. The van der Waals surface area contributed by atoms with Crippen LogP contribution in [0.5, 0.6) is 0 Å². The zero-order chi connectivity index (χ0) is 15.0. The molecule has 2 aromatic rings. The van der Waals surface area contributed by atoms with Gasteiger partial charge in [-0.05, 0) is 30.0 Å². The van der Waals surface area contributed by atoms with E-state index >= 15 is 0 Å². The number of aromatic nitrogens is 1. The van der Waals surface area contributed by atoms with Crippen LogP contribution < -0.4 is 0 Å². The van der Waals surface area contributed by atoms with Crippen molar-refractivity contribution >= 4 is 5.91 Å². The number of rotatable bonds is 2. The van der Waals surface area contributed by atoms with Gasteiger partial charge in [0.05, 0.1) is 11.6 Å². The van der Waals surface area contributed by atoms with E-state index < -0.39 is 17.7 Å². The number of hydrogen-bond acceptors (Lipinski definition) is 2. The molecule has 1 aliphatic rings. The summed E-state index contributed by atoms with van der Waals surface area (Å²) >= 11 is 0. The highest BCUT2D eigenvalue weighted by Crippen LogP contribution is 2.35. The highest BCUT2D eigenvalue weighted by molar-refractivity contribution is 5.94. The standard InChI is InChI=1S/C16H14F2N2O/c1-20(13-7-6-10-4-2-3-5-11(10)13)16(21)12-8-9-19-15(18)14(12)17/h2-5,8-9,13H,6-7H2,1H3. The van der Waals surface area contributed by atoms with Crippen molar-refractivity contribution in [3.8, 4) is 0 Å². The Hall–Kier alpha value is -2.30. The van der Waals surface area contributed by atoms with Crippen LogP contribution in [0.2, 0.25) is 0 Å². The molecule has 0 radical (unpaired) electrons. The van der Waals surface area contributed by atoms with Gasteiger partial charge in [0, 0.05) is 13.2 Å². The number of amides is 1. The molecular weight excluding hydrogens is 274 g/mol. The molecule has 0 bridgehead atoms. The summed E-state index contributed by atoms with van der Waals surface area (Å²) in [7, 11) is 1.62. The van der Waals surface area contributed by atoms with Gasteiger partial charge in [-0.15, -0.1) is 0 Å². The summed E-state index contributed by atoms with van der Waals surface area (Å²) < 4.78 is 26.9. The SMILES string of the molecule is CN(C(=O)c1ccnc(F)c1F)C1CCc2ccccc21. The van der Waals surface area contributed by atoms with Gasteiger partial charge in [-0.3, -0.25) is 4.79 Å². The number of benzene rings is 1. The van der Waals surface area contributed by atoms with E-state index in [0.717, 1.165) is 24.6 Å². The number of carbonyl (C=O) groups is 1. The van der Waals surface area contributed by atoms with E-state index in [1.807, 2.05) is 24.3 Å². The number of carbonyl (C=O) groups excluding carboxylic acids is 1. The first-order chi connectivity index (χ1) is 10.1. The van der Waals surface area contributed by atoms with Crippen molar-refractivity contribution in [2.24, 2.45) is 0 Å². The molecule has 0 spiro atoms. The van der Waals surface area contributed by atoms with Crippen LogP contribution in [0.4, 0.5) is 8.78 Å². The van der Waals surface area contributed by atoms with Crippen molar-refractivity contribution in [3.63, 3.8) is 0 Å². The van der Waals surface area contributed by atoms with E-state index in [-0.39, 0.29) is 11.6 Å². The Labute approximate surface area is 121 Å². The third kappa shape index (κ3) is 2.28. The Morgan fingerprint density at radius 2 is 2.05 bits per heavy atom. The predicted octanol–water partition coefficient (Wildman–Crippen LogP) is 3.12. The molecule has 3 rings (SSSR count). The van der Waals surface area contributed by atoms with Crippen LogP contribution in [-0.4, -0.2) is 22.8 Å².